The number of ether oxygens (including phenoxy) is 1. The van der Waals surface area contributed by atoms with Crippen molar-refractivity contribution in [1.29, 1.82) is 0 Å². The zero-order valence-corrected chi connectivity index (χ0v) is 9.76. The van der Waals surface area contributed by atoms with Crippen LogP contribution in [0.3, 0.4) is 0 Å². The Kier molecular flexibility index (Phi) is 3.83. The first kappa shape index (κ1) is 12.1. The molecule has 0 heterocycles. The SMILES string of the molecule is Cc1cc(Cl)cc(Cl)c1OC(C)C(=O)O. The topological polar surface area (TPSA) is 46.5 Å². The van der Waals surface area contributed by atoms with Gasteiger partial charge in [0.25, 0.3) is 0 Å². The summed E-state index contributed by atoms with van der Waals surface area (Å²) in [5.74, 6) is -0.684. The van der Waals surface area contributed by atoms with Gasteiger partial charge in [-0.25, -0.2) is 4.79 Å². The summed E-state index contributed by atoms with van der Waals surface area (Å²) in [6.07, 6.45) is -0.942. The zero-order valence-electron chi connectivity index (χ0n) is 8.25. The van der Waals surface area contributed by atoms with Crippen LogP contribution in [0.25, 0.3) is 0 Å². The number of carboxylic acids is 1. The van der Waals surface area contributed by atoms with Crippen LogP contribution in [-0.2, 0) is 4.79 Å². The van der Waals surface area contributed by atoms with E-state index in [9.17, 15) is 4.79 Å². The van der Waals surface area contributed by atoms with E-state index in [4.69, 9.17) is 33.0 Å². The van der Waals surface area contributed by atoms with Crippen LogP contribution in [0.5, 0.6) is 5.75 Å². The van der Waals surface area contributed by atoms with Crippen LogP contribution in [0.4, 0.5) is 0 Å². The molecule has 5 heteroatoms. The second kappa shape index (κ2) is 4.73. The van der Waals surface area contributed by atoms with E-state index in [0.717, 1.165) is 0 Å². The third-order valence-corrected chi connectivity index (χ3v) is 2.34. The number of hydrogen-bond acceptors (Lipinski definition) is 2. The molecular formula is C10H10Cl2O3. The number of carboxylic acid groups (broad SMARTS) is 1. The summed E-state index contributed by atoms with van der Waals surface area (Å²) in [7, 11) is 0. The molecule has 1 unspecified atom stereocenters. The fourth-order valence-corrected chi connectivity index (χ4v) is 1.71. The highest BCUT2D eigenvalue weighted by atomic mass is 35.5. The quantitative estimate of drug-likeness (QED) is 0.894. The van der Waals surface area contributed by atoms with Crippen molar-refractivity contribution in [2.45, 2.75) is 20.0 Å². The van der Waals surface area contributed by atoms with Crippen molar-refractivity contribution in [2.75, 3.05) is 0 Å². The second-order valence-electron chi connectivity index (χ2n) is 3.13. The molecule has 15 heavy (non-hydrogen) atoms. The normalized spacial score (nSPS) is 12.3. The highest BCUT2D eigenvalue weighted by Crippen LogP contribution is 2.32. The van der Waals surface area contributed by atoms with E-state index in [-0.39, 0.29) is 0 Å². The van der Waals surface area contributed by atoms with Crippen LogP contribution < -0.4 is 4.74 Å². The van der Waals surface area contributed by atoms with Crippen molar-refractivity contribution in [2.24, 2.45) is 0 Å². The highest BCUT2D eigenvalue weighted by Gasteiger charge is 2.16. The molecule has 82 valence electrons. The van der Waals surface area contributed by atoms with E-state index in [0.29, 0.717) is 21.4 Å². The van der Waals surface area contributed by atoms with Gasteiger partial charge < -0.3 is 9.84 Å². The summed E-state index contributed by atoms with van der Waals surface area (Å²) in [6, 6.07) is 3.18. The lowest BCUT2D eigenvalue weighted by Gasteiger charge is -2.14. The van der Waals surface area contributed by atoms with Gasteiger partial charge in [0.1, 0.15) is 5.75 Å². The van der Waals surface area contributed by atoms with Crippen LogP contribution >= 0.6 is 23.2 Å². The summed E-state index contributed by atoms with van der Waals surface area (Å²) in [6.45, 7) is 3.19. The van der Waals surface area contributed by atoms with Gasteiger partial charge in [0.05, 0.1) is 5.02 Å². The lowest BCUT2D eigenvalue weighted by molar-refractivity contribution is -0.144. The molecule has 1 atom stereocenters. The molecule has 0 saturated carbocycles. The first-order valence-corrected chi connectivity index (χ1v) is 5.02. The summed E-state index contributed by atoms with van der Waals surface area (Å²) >= 11 is 11.6. The van der Waals surface area contributed by atoms with Gasteiger partial charge in [0, 0.05) is 5.02 Å². The zero-order chi connectivity index (χ0) is 11.6. The maximum Gasteiger partial charge on any atom is 0.344 e. The minimum Gasteiger partial charge on any atom is -0.479 e. The van der Waals surface area contributed by atoms with Gasteiger partial charge in [-0.2, -0.15) is 0 Å². The van der Waals surface area contributed by atoms with Crippen molar-refractivity contribution in [3.05, 3.63) is 27.7 Å². The van der Waals surface area contributed by atoms with E-state index in [1.165, 1.54) is 13.0 Å². The molecule has 0 bridgehead atoms. The van der Waals surface area contributed by atoms with Crippen LogP contribution in [0, 0.1) is 6.92 Å². The molecule has 1 aromatic carbocycles. The van der Waals surface area contributed by atoms with E-state index in [2.05, 4.69) is 0 Å². The molecule has 0 spiro atoms. The third kappa shape index (κ3) is 3.01. The third-order valence-electron chi connectivity index (χ3n) is 1.84. The molecule has 3 nitrogen and oxygen atoms in total. The minimum atomic E-state index is -1.04. The number of halogens is 2. The summed E-state index contributed by atoms with van der Waals surface area (Å²) in [5, 5.41) is 9.49. The Bertz CT molecular complexity index is 367. The molecular weight excluding hydrogens is 239 g/mol. The number of hydrogen-bond donors (Lipinski definition) is 1. The number of carbonyl (C=O) groups is 1. The van der Waals surface area contributed by atoms with Gasteiger partial charge in [-0.05, 0) is 31.5 Å². The van der Waals surface area contributed by atoms with Gasteiger partial charge in [0.2, 0.25) is 0 Å². The molecule has 0 saturated heterocycles. The first-order chi connectivity index (χ1) is 6.91. The molecule has 0 aliphatic heterocycles. The van der Waals surface area contributed by atoms with E-state index < -0.39 is 12.1 Å². The smallest absolute Gasteiger partial charge is 0.344 e. The average Bonchev–Trinajstić information content (AvgIpc) is 2.10. The molecule has 0 aliphatic rings. The van der Waals surface area contributed by atoms with Crippen LogP contribution in [0.2, 0.25) is 10.0 Å². The summed E-state index contributed by atoms with van der Waals surface area (Å²) in [5.41, 5.74) is 0.709. The Morgan fingerprint density at radius 1 is 1.47 bits per heavy atom. The molecule has 1 aromatic rings. The standard InChI is InChI=1S/C10H10Cl2O3/c1-5-3-7(11)4-8(12)9(5)15-6(2)10(13)14/h3-4,6H,1-2H3,(H,13,14). The number of rotatable bonds is 3. The van der Waals surface area contributed by atoms with Crippen molar-refractivity contribution < 1.29 is 14.6 Å². The van der Waals surface area contributed by atoms with Crippen molar-refractivity contribution in [1.82, 2.24) is 0 Å². The molecule has 1 N–H and O–H groups in total. The van der Waals surface area contributed by atoms with Crippen LogP contribution in [0.1, 0.15) is 12.5 Å². The van der Waals surface area contributed by atoms with Crippen LogP contribution in [0.15, 0.2) is 12.1 Å². The van der Waals surface area contributed by atoms with Crippen molar-refractivity contribution in [3.8, 4) is 5.75 Å². The number of benzene rings is 1. The van der Waals surface area contributed by atoms with Crippen LogP contribution in [-0.4, -0.2) is 17.2 Å². The van der Waals surface area contributed by atoms with Gasteiger partial charge in [-0.1, -0.05) is 23.2 Å². The molecule has 0 radical (unpaired) electrons. The summed E-state index contributed by atoms with van der Waals surface area (Å²) < 4.78 is 5.20. The minimum absolute atomic E-state index is 0.313. The Hall–Kier alpha value is -0.930. The van der Waals surface area contributed by atoms with Crippen molar-refractivity contribution >= 4 is 29.2 Å². The lowest BCUT2D eigenvalue weighted by atomic mass is 10.2. The average molecular weight is 249 g/mol. The predicted molar refractivity (Wildman–Crippen MR) is 58.9 cm³/mol. The van der Waals surface area contributed by atoms with E-state index in [1.54, 1.807) is 13.0 Å². The fraction of sp³-hybridized carbons (Fsp3) is 0.300. The van der Waals surface area contributed by atoms with Gasteiger partial charge in [-0.3, -0.25) is 0 Å². The Morgan fingerprint density at radius 3 is 2.53 bits per heavy atom. The maximum atomic E-state index is 10.6. The predicted octanol–water partition coefficient (Wildman–Crippen LogP) is 3.15. The maximum absolute atomic E-state index is 10.6. The van der Waals surface area contributed by atoms with E-state index in [1.807, 2.05) is 0 Å². The van der Waals surface area contributed by atoms with Crippen molar-refractivity contribution in [3.63, 3.8) is 0 Å². The molecule has 1 rings (SSSR count). The molecule has 0 amide bonds. The van der Waals surface area contributed by atoms with Gasteiger partial charge >= 0.3 is 5.97 Å². The first-order valence-electron chi connectivity index (χ1n) is 4.27. The highest BCUT2D eigenvalue weighted by molar-refractivity contribution is 6.35. The molecule has 0 aliphatic carbocycles. The Balaban J connectivity index is 3.00. The summed E-state index contributed by atoms with van der Waals surface area (Å²) in [4.78, 5) is 10.6. The molecule has 0 aromatic heterocycles. The van der Waals surface area contributed by atoms with Gasteiger partial charge in [0.15, 0.2) is 6.10 Å². The van der Waals surface area contributed by atoms with E-state index >= 15 is 0 Å². The molecule has 0 fully saturated rings. The number of aliphatic carboxylic acids is 1. The Morgan fingerprint density at radius 2 is 2.07 bits per heavy atom. The Labute approximate surface area is 97.6 Å². The number of aryl methyl sites for hydroxylation is 1. The monoisotopic (exact) mass is 248 g/mol. The largest absolute Gasteiger partial charge is 0.479 e. The van der Waals surface area contributed by atoms with Gasteiger partial charge in [-0.15, -0.1) is 0 Å². The second-order valence-corrected chi connectivity index (χ2v) is 3.98. The fourth-order valence-electron chi connectivity index (χ4n) is 1.07. The lowest BCUT2D eigenvalue weighted by Crippen LogP contribution is -2.23.